The molecule has 0 spiro atoms. The Morgan fingerprint density at radius 1 is 0.767 bits per heavy atom. The Labute approximate surface area is 167 Å². The first-order valence-electron chi connectivity index (χ1n) is 8.46. The molecule has 158 valence electrons. The molecule has 0 aliphatic carbocycles. The third-order valence-corrected chi connectivity index (χ3v) is 4.21. The molecule has 2 aromatic rings. The fourth-order valence-electron chi connectivity index (χ4n) is 2.97. The van der Waals surface area contributed by atoms with Crippen molar-refractivity contribution in [2.24, 2.45) is 5.41 Å². The molecule has 2 aromatic carbocycles. The van der Waals surface area contributed by atoms with Gasteiger partial charge in [-0.25, -0.2) is 26.3 Å². The van der Waals surface area contributed by atoms with Gasteiger partial charge in [-0.3, -0.25) is 14.6 Å². The van der Waals surface area contributed by atoms with Crippen LogP contribution in [0.2, 0.25) is 0 Å². The van der Waals surface area contributed by atoms with Crippen LogP contribution in [0.3, 0.4) is 0 Å². The Morgan fingerprint density at radius 3 is 1.50 bits per heavy atom. The summed E-state index contributed by atoms with van der Waals surface area (Å²) in [5.74, 6) is -10.6. The van der Waals surface area contributed by atoms with E-state index < -0.39 is 69.1 Å². The van der Waals surface area contributed by atoms with Gasteiger partial charge in [0.05, 0.1) is 5.57 Å². The fraction of sp³-hybridized carbons (Fsp3) is 0.200. The SMILES string of the molecule is CC(C)(C)C1=C(O)N(c2c(F)cc(F)cc2F)[C]N(c2c(F)cc(F)cc2F)C1=O. The highest BCUT2D eigenvalue weighted by Crippen LogP contribution is 2.41. The third kappa shape index (κ3) is 3.57. The second kappa shape index (κ2) is 7.26. The van der Waals surface area contributed by atoms with E-state index in [1.54, 1.807) is 0 Å². The lowest BCUT2D eigenvalue weighted by molar-refractivity contribution is -0.116. The lowest BCUT2D eigenvalue weighted by Crippen LogP contribution is -2.47. The van der Waals surface area contributed by atoms with E-state index in [0.717, 1.165) is 0 Å². The van der Waals surface area contributed by atoms with Crippen molar-refractivity contribution in [2.45, 2.75) is 20.8 Å². The van der Waals surface area contributed by atoms with Gasteiger partial charge in [0.1, 0.15) is 23.0 Å². The van der Waals surface area contributed by atoms with Crippen LogP contribution in [0.4, 0.5) is 37.7 Å². The van der Waals surface area contributed by atoms with Crippen LogP contribution in [-0.4, -0.2) is 11.0 Å². The van der Waals surface area contributed by atoms with Crippen LogP contribution in [0.25, 0.3) is 0 Å². The van der Waals surface area contributed by atoms with E-state index in [4.69, 9.17) is 0 Å². The molecular weight excluding hydrogens is 414 g/mol. The zero-order valence-electron chi connectivity index (χ0n) is 15.8. The Bertz CT molecular complexity index is 1030. The Hall–Kier alpha value is -3.17. The number of aliphatic hydroxyl groups excluding tert-OH is 1. The predicted octanol–water partition coefficient (Wildman–Crippen LogP) is 5.19. The molecule has 1 aliphatic heterocycles. The lowest BCUT2D eigenvalue weighted by atomic mass is 9.84. The quantitative estimate of drug-likeness (QED) is 0.670. The molecule has 3 rings (SSSR count). The van der Waals surface area contributed by atoms with E-state index in [9.17, 15) is 36.2 Å². The first-order valence-corrected chi connectivity index (χ1v) is 8.46. The summed E-state index contributed by atoms with van der Waals surface area (Å²) in [6.07, 6.45) is 0. The van der Waals surface area contributed by atoms with Crippen molar-refractivity contribution >= 4 is 17.3 Å². The highest BCUT2D eigenvalue weighted by Gasteiger charge is 2.43. The molecular formula is C20H14F6N2O2. The number of aliphatic hydroxyl groups is 1. The third-order valence-electron chi connectivity index (χ3n) is 4.21. The van der Waals surface area contributed by atoms with Crippen molar-refractivity contribution in [3.05, 3.63) is 77.3 Å². The molecule has 0 saturated carbocycles. The number of halogens is 6. The van der Waals surface area contributed by atoms with Crippen LogP contribution in [0.1, 0.15) is 20.8 Å². The van der Waals surface area contributed by atoms with Gasteiger partial charge >= 0.3 is 0 Å². The van der Waals surface area contributed by atoms with Crippen LogP contribution in [0.5, 0.6) is 0 Å². The van der Waals surface area contributed by atoms with Gasteiger partial charge in [0, 0.05) is 24.3 Å². The smallest absolute Gasteiger partial charge is 0.262 e. The Kier molecular flexibility index (Phi) is 5.21. The zero-order valence-corrected chi connectivity index (χ0v) is 15.8. The monoisotopic (exact) mass is 428 g/mol. The molecule has 0 atom stereocenters. The first kappa shape index (κ1) is 21.5. The second-order valence-corrected chi connectivity index (χ2v) is 7.46. The maximum absolute atomic E-state index is 14.3. The van der Waals surface area contributed by atoms with Crippen LogP contribution in [-0.2, 0) is 4.79 Å². The molecule has 30 heavy (non-hydrogen) atoms. The predicted molar refractivity (Wildman–Crippen MR) is 94.9 cm³/mol. The van der Waals surface area contributed by atoms with Crippen molar-refractivity contribution in [3.8, 4) is 0 Å². The average molecular weight is 428 g/mol. The summed E-state index contributed by atoms with van der Waals surface area (Å²) in [5.41, 5.74) is -3.79. The van der Waals surface area contributed by atoms with Gasteiger partial charge in [-0.1, -0.05) is 20.8 Å². The maximum atomic E-state index is 14.3. The van der Waals surface area contributed by atoms with E-state index in [0.29, 0.717) is 29.2 Å². The van der Waals surface area contributed by atoms with Crippen molar-refractivity contribution in [2.75, 3.05) is 9.80 Å². The largest absolute Gasteiger partial charge is 0.494 e. The highest BCUT2D eigenvalue weighted by molar-refractivity contribution is 6.10. The summed E-state index contributed by atoms with van der Waals surface area (Å²) in [6, 6.07) is 1.21. The molecule has 0 bridgehead atoms. The van der Waals surface area contributed by atoms with Gasteiger partial charge in [0.25, 0.3) is 5.91 Å². The molecule has 1 heterocycles. The number of hydrogen-bond donors (Lipinski definition) is 1. The number of carbonyl (C=O) groups is 1. The summed E-state index contributed by atoms with van der Waals surface area (Å²) in [4.78, 5) is 13.4. The van der Waals surface area contributed by atoms with Crippen LogP contribution in [0.15, 0.2) is 35.7 Å². The maximum Gasteiger partial charge on any atom is 0.262 e. The Morgan fingerprint density at radius 2 is 1.13 bits per heavy atom. The van der Waals surface area contributed by atoms with Crippen molar-refractivity contribution in [1.29, 1.82) is 0 Å². The Balaban J connectivity index is 2.28. The number of nitrogens with zero attached hydrogens (tertiary/aromatic N) is 2. The molecule has 0 saturated heterocycles. The molecule has 0 fully saturated rings. The number of rotatable bonds is 2. The van der Waals surface area contributed by atoms with Gasteiger partial charge in [-0.05, 0) is 5.41 Å². The highest BCUT2D eigenvalue weighted by atomic mass is 19.2. The van der Waals surface area contributed by atoms with Gasteiger partial charge in [-0.15, -0.1) is 0 Å². The summed E-state index contributed by atoms with van der Waals surface area (Å²) in [6.45, 7) is 6.35. The fourth-order valence-corrected chi connectivity index (χ4v) is 2.97. The van der Waals surface area contributed by atoms with Gasteiger partial charge in [0.15, 0.2) is 23.3 Å². The van der Waals surface area contributed by atoms with Crippen molar-refractivity contribution in [3.63, 3.8) is 0 Å². The molecule has 1 N–H and O–H groups in total. The van der Waals surface area contributed by atoms with Crippen molar-refractivity contribution in [1.82, 2.24) is 0 Å². The molecule has 10 heteroatoms. The van der Waals surface area contributed by atoms with E-state index in [1.807, 2.05) is 6.67 Å². The minimum absolute atomic E-state index is 0.229. The molecule has 1 aliphatic rings. The summed E-state index contributed by atoms with van der Waals surface area (Å²) < 4.78 is 83.9. The standard InChI is InChI=1S/C20H14F6N2O2/c1-20(2,3)15-18(29)27(16-11(23)4-9(21)5-12(16)24)8-28(19(15)30)17-13(25)6-10(22)7-14(17)26/h4-7,29H,1-3H3. The number of amides is 1. The van der Waals surface area contributed by atoms with E-state index >= 15 is 0 Å². The van der Waals surface area contributed by atoms with Crippen molar-refractivity contribution < 1.29 is 36.2 Å². The second-order valence-electron chi connectivity index (χ2n) is 7.46. The van der Waals surface area contributed by atoms with Crippen LogP contribution < -0.4 is 9.80 Å². The summed E-state index contributed by atoms with van der Waals surface area (Å²) in [5, 5.41) is 10.6. The zero-order chi connectivity index (χ0) is 22.5. The lowest BCUT2D eigenvalue weighted by Gasteiger charge is -2.39. The van der Waals surface area contributed by atoms with E-state index in [-0.39, 0.29) is 4.90 Å². The number of benzene rings is 2. The van der Waals surface area contributed by atoms with Crippen LogP contribution >= 0.6 is 0 Å². The molecule has 4 nitrogen and oxygen atoms in total. The van der Waals surface area contributed by atoms with Gasteiger partial charge < -0.3 is 5.11 Å². The summed E-state index contributed by atoms with van der Waals surface area (Å²) >= 11 is 0. The molecule has 0 aromatic heterocycles. The number of hydrogen-bond acceptors (Lipinski definition) is 3. The summed E-state index contributed by atoms with van der Waals surface area (Å²) in [7, 11) is 0. The molecule has 0 unspecified atom stereocenters. The van der Waals surface area contributed by atoms with Gasteiger partial charge in [0.2, 0.25) is 12.6 Å². The minimum atomic E-state index is -1.50. The average Bonchev–Trinajstić information content (AvgIpc) is 2.55. The molecule has 1 amide bonds. The van der Waals surface area contributed by atoms with E-state index in [1.165, 1.54) is 20.8 Å². The number of anilines is 2. The normalized spacial score (nSPS) is 15.3. The van der Waals surface area contributed by atoms with Crippen LogP contribution in [0, 0.1) is 47.0 Å². The minimum Gasteiger partial charge on any atom is -0.494 e. The number of carbonyl (C=O) groups excluding carboxylic acids is 1. The topological polar surface area (TPSA) is 43.8 Å². The van der Waals surface area contributed by atoms with Gasteiger partial charge in [-0.2, -0.15) is 0 Å². The molecule has 2 radical (unpaired) electrons. The van der Waals surface area contributed by atoms with E-state index in [2.05, 4.69) is 0 Å². The first-order chi connectivity index (χ1) is 13.8.